The van der Waals surface area contributed by atoms with E-state index in [0.717, 1.165) is 27.2 Å². The first kappa shape index (κ1) is 10.8. The number of ether oxygens (including phenoxy) is 1. The number of pyridine rings is 1. The van der Waals surface area contributed by atoms with E-state index in [1.807, 2.05) is 25.1 Å². The molecule has 2 aromatic rings. The van der Waals surface area contributed by atoms with E-state index in [-0.39, 0.29) is 0 Å². The predicted octanol–water partition coefficient (Wildman–Crippen LogP) is 2.94. The molecule has 2 rings (SSSR count). The zero-order valence-electron chi connectivity index (χ0n) is 9.06. The van der Waals surface area contributed by atoms with Crippen molar-refractivity contribution in [2.24, 2.45) is 0 Å². The third-order valence-corrected chi connectivity index (χ3v) is 3.31. The Labute approximate surface area is 97.7 Å². The molecule has 2 aromatic heterocycles. The fourth-order valence-electron chi connectivity index (χ4n) is 1.48. The van der Waals surface area contributed by atoms with Crippen molar-refractivity contribution in [3.05, 3.63) is 34.8 Å². The lowest BCUT2D eigenvalue weighted by atomic mass is 10.2. The van der Waals surface area contributed by atoms with Gasteiger partial charge in [-0.2, -0.15) is 0 Å². The normalized spacial score (nSPS) is 10.1. The number of carbonyl (C=O) groups is 1. The summed E-state index contributed by atoms with van der Waals surface area (Å²) in [5.41, 5.74) is 2.00. The van der Waals surface area contributed by atoms with Crippen LogP contribution in [0.4, 0.5) is 0 Å². The van der Waals surface area contributed by atoms with Gasteiger partial charge in [0.2, 0.25) is 5.88 Å². The molecular formula is C12H11NO2S. The second-order valence-corrected chi connectivity index (χ2v) is 4.49. The summed E-state index contributed by atoms with van der Waals surface area (Å²) in [5.74, 6) is 0.635. The number of hydrogen-bond acceptors (Lipinski definition) is 4. The van der Waals surface area contributed by atoms with Crippen LogP contribution in [0.5, 0.6) is 5.88 Å². The maximum Gasteiger partial charge on any atom is 0.215 e. The lowest BCUT2D eigenvalue weighted by Gasteiger charge is -2.04. The van der Waals surface area contributed by atoms with Crippen molar-refractivity contribution in [1.82, 2.24) is 4.98 Å². The maximum atomic E-state index is 10.6. The molecule has 4 heteroatoms. The Balaban J connectivity index is 2.40. The highest BCUT2D eigenvalue weighted by atomic mass is 32.1. The van der Waals surface area contributed by atoms with Gasteiger partial charge in [0.15, 0.2) is 6.29 Å². The summed E-state index contributed by atoms with van der Waals surface area (Å²) in [5, 5.41) is 0. The average Bonchev–Trinajstić information content (AvgIpc) is 2.77. The molecule has 0 spiro atoms. The van der Waals surface area contributed by atoms with E-state index < -0.39 is 0 Å². The second-order valence-electron chi connectivity index (χ2n) is 3.37. The molecule has 0 aliphatic heterocycles. The zero-order valence-corrected chi connectivity index (χ0v) is 9.88. The van der Waals surface area contributed by atoms with Gasteiger partial charge < -0.3 is 4.74 Å². The third-order valence-electron chi connectivity index (χ3n) is 2.25. The minimum absolute atomic E-state index is 0.635. The molecule has 0 N–H and O–H groups in total. The van der Waals surface area contributed by atoms with Crippen LogP contribution in [0.15, 0.2) is 24.4 Å². The molecule has 0 aliphatic carbocycles. The fourth-order valence-corrected chi connectivity index (χ4v) is 2.29. The lowest BCUT2D eigenvalue weighted by Crippen LogP contribution is -1.90. The van der Waals surface area contributed by atoms with E-state index in [2.05, 4.69) is 4.98 Å². The average molecular weight is 233 g/mol. The summed E-state index contributed by atoms with van der Waals surface area (Å²) in [6.07, 6.45) is 2.62. The second kappa shape index (κ2) is 4.45. The Kier molecular flexibility index (Phi) is 3.01. The summed E-state index contributed by atoms with van der Waals surface area (Å²) in [6, 6.07) is 5.75. The van der Waals surface area contributed by atoms with Gasteiger partial charge in [0, 0.05) is 22.2 Å². The largest absolute Gasteiger partial charge is 0.481 e. The van der Waals surface area contributed by atoms with E-state index in [1.165, 1.54) is 11.3 Å². The Bertz CT molecular complexity index is 519. The molecule has 0 fully saturated rings. The van der Waals surface area contributed by atoms with Gasteiger partial charge in [-0.15, -0.1) is 11.3 Å². The van der Waals surface area contributed by atoms with Crippen LogP contribution in [0.2, 0.25) is 0 Å². The van der Waals surface area contributed by atoms with Gasteiger partial charge in [-0.05, 0) is 25.1 Å². The van der Waals surface area contributed by atoms with Crippen LogP contribution in [0.3, 0.4) is 0 Å². The molecule has 82 valence electrons. The van der Waals surface area contributed by atoms with Crippen LogP contribution in [0.1, 0.15) is 15.2 Å². The number of aromatic nitrogens is 1. The molecule has 3 nitrogen and oxygen atoms in total. The van der Waals surface area contributed by atoms with Crippen molar-refractivity contribution in [2.75, 3.05) is 7.11 Å². The molecule has 0 amide bonds. The van der Waals surface area contributed by atoms with E-state index in [9.17, 15) is 4.79 Å². The van der Waals surface area contributed by atoms with E-state index in [4.69, 9.17) is 4.74 Å². The highest BCUT2D eigenvalue weighted by molar-refractivity contribution is 7.17. The monoisotopic (exact) mass is 233 g/mol. The SMILES string of the molecule is COc1ncc(-c2ccc(C=O)s2)cc1C. The Morgan fingerprint density at radius 1 is 1.44 bits per heavy atom. The summed E-state index contributed by atoms with van der Waals surface area (Å²) >= 11 is 1.46. The van der Waals surface area contributed by atoms with Crippen LogP contribution in [-0.2, 0) is 0 Å². The van der Waals surface area contributed by atoms with Crippen molar-refractivity contribution in [3.8, 4) is 16.3 Å². The van der Waals surface area contributed by atoms with Crippen molar-refractivity contribution in [2.45, 2.75) is 6.92 Å². The van der Waals surface area contributed by atoms with Crippen LogP contribution in [-0.4, -0.2) is 18.4 Å². The highest BCUT2D eigenvalue weighted by Gasteiger charge is 2.06. The number of methoxy groups -OCH3 is 1. The number of carbonyl (C=O) groups excluding carboxylic acids is 1. The zero-order chi connectivity index (χ0) is 11.5. The van der Waals surface area contributed by atoms with E-state index in [0.29, 0.717) is 5.88 Å². The maximum absolute atomic E-state index is 10.6. The van der Waals surface area contributed by atoms with Gasteiger partial charge in [0.05, 0.1) is 12.0 Å². The molecule has 0 saturated heterocycles. The Hall–Kier alpha value is -1.68. The predicted molar refractivity (Wildman–Crippen MR) is 64.2 cm³/mol. The number of hydrogen-bond donors (Lipinski definition) is 0. The van der Waals surface area contributed by atoms with Gasteiger partial charge in [0.1, 0.15) is 0 Å². The van der Waals surface area contributed by atoms with Gasteiger partial charge in [0.25, 0.3) is 0 Å². The van der Waals surface area contributed by atoms with Crippen molar-refractivity contribution < 1.29 is 9.53 Å². The van der Waals surface area contributed by atoms with E-state index in [1.54, 1.807) is 13.3 Å². The van der Waals surface area contributed by atoms with Gasteiger partial charge in [-0.1, -0.05) is 0 Å². The minimum atomic E-state index is 0.635. The van der Waals surface area contributed by atoms with Gasteiger partial charge in [-0.3, -0.25) is 4.79 Å². The van der Waals surface area contributed by atoms with Gasteiger partial charge >= 0.3 is 0 Å². The first-order valence-corrected chi connectivity index (χ1v) is 5.62. The molecule has 0 aliphatic rings. The molecule has 0 atom stereocenters. The molecule has 0 bridgehead atoms. The Morgan fingerprint density at radius 2 is 2.25 bits per heavy atom. The third kappa shape index (κ3) is 1.97. The smallest absolute Gasteiger partial charge is 0.215 e. The molecule has 0 aromatic carbocycles. The van der Waals surface area contributed by atoms with Crippen molar-refractivity contribution >= 4 is 17.6 Å². The number of thiophene rings is 1. The summed E-state index contributed by atoms with van der Waals surface area (Å²) in [6.45, 7) is 1.95. The number of rotatable bonds is 3. The summed E-state index contributed by atoms with van der Waals surface area (Å²) < 4.78 is 5.10. The summed E-state index contributed by atoms with van der Waals surface area (Å²) in [4.78, 5) is 16.6. The molecule has 0 saturated carbocycles. The first-order valence-electron chi connectivity index (χ1n) is 4.80. The van der Waals surface area contributed by atoms with Crippen LogP contribution in [0, 0.1) is 6.92 Å². The Morgan fingerprint density at radius 3 is 2.81 bits per heavy atom. The highest BCUT2D eigenvalue weighted by Crippen LogP contribution is 2.29. The van der Waals surface area contributed by atoms with Crippen molar-refractivity contribution in [1.29, 1.82) is 0 Å². The van der Waals surface area contributed by atoms with Crippen LogP contribution < -0.4 is 4.74 Å². The topological polar surface area (TPSA) is 39.2 Å². The number of nitrogens with zero attached hydrogens (tertiary/aromatic N) is 1. The molecular weight excluding hydrogens is 222 g/mol. The first-order chi connectivity index (χ1) is 7.74. The van der Waals surface area contributed by atoms with Crippen LogP contribution >= 0.6 is 11.3 Å². The fraction of sp³-hybridized carbons (Fsp3) is 0.167. The molecule has 2 heterocycles. The van der Waals surface area contributed by atoms with Gasteiger partial charge in [-0.25, -0.2) is 4.98 Å². The quantitative estimate of drug-likeness (QED) is 0.765. The molecule has 16 heavy (non-hydrogen) atoms. The van der Waals surface area contributed by atoms with Crippen molar-refractivity contribution in [3.63, 3.8) is 0 Å². The molecule has 0 radical (unpaired) electrons. The number of aryl methyl sites for hydroxylation is 1. The lowest BCUT2D eigenvalue weighted by molar-refractivity contribution is 0.112. The van der Waals surface area contributed by atoms with E-state index >= 15 is 0 Å². The minimum Gasteiger partial charge on any atom is -0.481 e. The van der Waals surface area contributed by atoms with Crippen LogP contribution in [0.25, 0.3) is 10.4 Å². The summed E-state index contributed by atoms with van der Waals surface area (Å²) in [7, 11) is 1.60. The standard InChI is InChI=1S/C12H11NO2S/c1-8-5-9(6-13-12(8)15-2)11-4-3-10(7-14)16-11/h3-7H,1-2H3. The number of aldehydes is 1. The molecule has 0 unspecified atom stereocenters.